The second-order valence-corrected chi connectivity index (χ2v) is 6.80. The van der Waals surface area contributed by atoms with Gasteiger partial charge in [0.15, 0.2) is 0 Å². The summed E-state index contributed by atoms with van der Waals surface area (Å²) in [4.78, 5) is 14.6. The van der Waals surface area contributed by atoms with Crippen molar-refractivity contribution < 1.29 is 4.79 Å². The molecule has 0 bridgehead atoms. The Labute approximate surface area is 148 Å². The summed E-state index contributed by atoms with van der Waals surface area (Å²) in [6.07, 6.45) is 3.72. The van der Waals surface area contributed by atoms with Crippen LogP contribution in [-0.2, 0) is 11.2 Å². The van der Waals surface area contributed by atoms with Crippen molar-refractivity contribution in [1.29, 1.82) is 0 Å². The minimum atomic E-state index is 0.0435. The largest absolute Gasteiger partial charge is 0.372 e. The molecule has 24 heavy (non-hydrogen) atoms. The molecular formula is C20H23ClN2O. The topological polar surface area (TPSA) is 32.3 Å². The van der Waals surface area contributed by atoms with Crippen molar-refractivity contribution in [1.82, 2.24) is 0 Å². The Balaban J connectivity index is 1.56. The van der Waals surface area contributed by atoms with Gasteiger partial charge in [0, 0.05) is 35.9 Å². The van der Waals surface area contributed by atoms with Crippen LogP contribution in [0, 0.1) is 6.92 Å². The SMILES string of the molecule is Cc1cc(N2CCCC2)ccc1NC(=O)CCc1ccc(Cl)cc1. The summed E-state index contributed by atoms with van der Waals surface area (Å²) in [7, 11) is 0. The summed E-state index contributed by atoms with van der Waals surface area (Å²) >= 11 is 5.88. The lowest BCUT2D eigenvalue weighted by molar-refractivity contribution is -0.116. The Morgan fingerprint density at radius 3 is 2.50 bits per heavy atom. The van der Waals surface area contributed by atoms with E-state index in [4.69, 9.17) is 11.6 Å². The van der Waals surface area contributed by atoms with E-state index in [9.17, 15) is 4.79 Å². The summed E-state index contributed by atoms with van der Waals surface area (Å²) in [5.41, 5.74) is 4.39. The van der Waals surface area contributed by atoms with E-state index in [0.717, 1.165) is 34.9 Å². The van der Waals surface area contributed by atoms with Gasteiger partial charge < -0.3 is 10.2 Å². The second-order valence-electron chi connectivity index (χ2n) is 6.37. The van der Waals surface area contributed by atoms with Crippen molar-refractivity contribution in [2.75, 3.05) is 23.3 Å². The van der Waals surface area contributed by atoms with Crippen LogP contribution < -0.4 is 10.2 Å². The molecule has 0 unspecified atom stereocenters. The lowest BCUT2D eigenvalue weighted by Gasteiger charge is -2.19. The maximum absolute atomic E-state index is 12.2. The van der Waals surface area contributed by atoms with Gasteiger partial charge in [0.25, 0.3) is 0 Å². The number of carbonyl (C=O) groups is 1. The third-order valence-corrected chi connectivity index (χ3v) is 4.76. The average Bonchev–Trinajstić information content (AvgIpc) is 3.11. The highest BCUT2D eigenvalue weighted by Gasteiger charge is 2.13. The Morgan fingerprint density at radius 2 is 1.83 bits per heavy atom. The highest BCUT2D eigenvalue weighted by atomic mass is 35.5. The monoisotopic (exact) mass is 342 g/mol. The van der Waals surface area contributed by atoms with Crippen LogP contribution in [0.5, 0.6) is 0 Å². The van der Waals surface area contributed by atoms with Gasteiger partial charge in [-0.2, -0.15) is 0 Å². The van der Waals surface area contributed by atoms with Crippen LogP contribution in [0.2, 0.25) is 5.02 Å². The Kier molecular flexibility index (Phi) is 5.41. The van der Waals surface area contributed by atoms with Crippen molar-refractivity contribution >= 4 is 28.9 Å². The number of nitrogens with one attached hydrogen (secondary N) is 1. The number of halogens is 1. The molecule has 0 spiro atoms. The van der Waals surface area contributed by atoms with Crippen LogP contribution in [0.3, 0.4) is 0 Å². The highest BCUT2D eigenvalue weighted by Crippen LogP contribution is 2.25. The summed E-state index contributed by atoms with van der Waals surface area (Å²) in [5.74, 6) is 0.0435. The number of hydrogen-bond acceptors (Lipinski definition) is 2. The number of aryl methyl sites for hydroxylation is 2. The molecule has 1 amide bonds. The zero-order valence-corrected chi connectivity index (χ0v) is 14.8. The zero-order valence-electron chi connectivity index (χ0n) is 14.0. The van der Waals surface area contributed by atoms with Gasteiger partial charge in [0.05, 0.1) is 0 Å². The van der Waals surface area contributed by atoms with Crippen LogP contribution in [-0.4, -0.2) is 19.0 Å². The first-order valence-corrected chi connectivity index (χ1v) is 8.89. The molecule has 1 aliphatic rings. The molecule has 1 aliphatic heterocycles. The average molecular weight is 343 g/mol. The van der Waals surface area contributed by atoms with Gasteiger partial charge in [-0.05, 0) is 67.6 Å². The molecular weight excluding hydrogens is 320 g/mol. The summed E-state index contributed by atoms with van der Waals surface area (Å²) in [6, 6.07) is 13.9. The number of nitrogens with zero attached hydrogens (tertiary/aromatic N) is 1. The van der Waals surface area contributed by atoms with E-state index in [-0.39, 0.29) is 5.91 Å². The number of rotatable bonds is 5. The van der Waals surface area contributed by atoms with E-state index in [2.05, 4.69) is 22.3 Å². The van der Waals surface area contributed by atoms with Crippen molar-refractivity contribution in [3.63, 3.8) is 0 Å². The molecule has 1 N–H and O–H groups in total. The fourth-order valence-electron chi connectivity index (χ4n) is 3.08. The van der Waals surface area contributed by atoms with Gasteiger partial charge >= 0.3 is 0 Å². The molecule has 0 atom stereocenters. The number of benzene rings is 2. The third-order valence-electron chi connectivity index (χ3n) is 4.51. The smallest absolute Gasteiger partial charge is 0.224 e. The quantitative estimate of drug-likeness (QED) is 0.844. The molecule has 3 rings (SSSR count). The van der Waals surface area contributed by atoms with Crippen LogP contribution in [0.25, 0.3) is 0 Å². The molecule has 1 heterocycles. The lowest BCUT2D eigenvalue weighted by Crippen LogP contribution is -2.18. The molecule has 2 aromatic carbocycles. The van der Waals surface area contributed by atoms with E-state index < -0.39 is 0 Å². The van der Waals surface area contributed by atoms with Gasteiger partial charge in [0.2, 0.25) is 5.91 Å². The van der Waals surface area contributed by atoms with E-state index in [1.165, 1.54) is 18.5 Å². The predicted octanol–water partition coefficient (Wildman–Crippen LogP) is 4.82. The molecule has 0 saturated carbocycles. The number of carbonyl (C=O) groups excluding carboxylic acids is 1. The molecule has 1 saturated heterocycles. The van der Waals surface area contributed by atoms with E-state index in [1.807, 2.05) is 37.3 Å². The van der Waals surface area contributed by atoms with Gasteiger partial charge in [-0.1, -0.05) is 23.7 Å². The third kappa shape index (κ3) is 4.30. The fraction of sp³-hybridized carbons (Fsp3) is 0.350. The zero-order chi connectivity index (χ0) is 16.9. The predicted molar refractivity (Wildman–Crippen MR) is 101 cm³/mol. The number of amides is 1. The van der Waals surface area contributed by atoms with Crippen molar-refractivity contribution in [2.45, 2.75) is 32.6 Å². The Hall–Kier alpha value is -2.00. The second kappa shape index (κ2) is 7.71. The number of hydrogen-bond donors (Lipinski definition) is 1. The van der Waals surface area contributed by atoms with Crippen molar-refractivity contribution in [3.8, 4) is 0 Å². The van der Waals surface area contributed by atoms with Crippen LogP contribution in [0.15, 0.2) is 42.5 Å². The minimum absolute atomic E-state index is 0.0435. The van der Waals surface area contributed by atoms with Gasteiger partial charge in [-0.25, -0.2) is 0 Å². The molecule has 4 heteroatoms. The highest BCUT2D eigenvalue weighted by molar-refractivity contribution is 6.30. The first-order valence-electron chi connectivity index (χ1n) is 8.52. The Bertz CT molecular complexity index is 706. The summed E-state index contributed by atoms with van der Waals surface area (Å²) in [6.45, 7) is 4.31. The van der Waals surface area contributed by atoms with Gasteiger partial charge in [-0.15, -0.1) is 0 Å². The molecule has 1 fully saturated rings. The summed E-state index contributed by atoms with van der Waals surface area (Å²) in [5, 5.41) is 3.75. The first-order chi connectivity index (χ1) is 11.6. The Morgan fingerprint density at radius 1 is 1.12 bits per heavy atom. The molecule has 126 valence electrons. The van der Waals surface area contributed by atoms with Crippen molar-refractivity contribution in [3.05, 3.63) is 58.6 Å². The van der Waals surface area contributed by atoms with Gasteiger partial charge in [-0.3, -0.25) is 4.79 Å². The fourth-order valence-corrected chi connectivity index (χ4v) is 3.21. The molecule has 0 radical (unpaired) electrons. The standard InChI is InChI=1S/C20H23ClN2O/c1-15-14-18(23-12-2-3-13-23)9-10-19(15)22-20(24)11-6-16-4-7-17(21)8-5-16/h4-5,7-10,14H,2-3,6,11-13H2,1H3,(H,22,24). The summed E-state index contributed by atoms with van der Waals surface area (Å²) < 4.78 is 0. The maximum atomic E-state index is 12.2. The van der Waals surface area contributed by atoms with Crippen molar-refractivity contribution in [2.24, 2.45) is 0 Å². The number of anilines is 2. The lowest BCUT2D eigenvalue weighted by atomic mass is 10.1. The van der Waals surface area contributed by atoms with Crippen LogP contribution in [0.4, 0.5) is 11.4 Å². The first kappa shape index (κ1) is 16.8. The molecule has 3 nitrogen and oxygen atoms in total. The molecule has 0 aromatic heterocycles. The van der Waals surface area contributed by atoms with Crippen LogP contribution in [0.1, 0.15) is 30.4 Å². The van der Waals surface area contributed by atoms with E-state index >= 15 is 0 Å². The van der Waals surface area contributed by atoms with E-state index in [0.29, 0.717) is 12.8 Å². The van der Waals surface area contributed by atoms with E-state index in [1.54, 1.807) is 0 Å². The minimum Gasteiger partial charge on any atom is -0.372 e. The van der Waals surface area contributed by atoms with Crippen LogP contribution >= 0.6 is 11.6 Å². The maximum Gasteiger partial charge on any atom is 0.224 e. The molecule has 2 aromatic rings. The normalized spacial score (nSPS) is 14.0. The molecule has 0 aliphatic carbocycles. The van der Waals surface area contributed by atoms with Gasteiger partial charge in [0.1, 0.15) is 0 Å².